The molecule has 3 aromatic rings. The second-order valence-electron chi connectivity index (χ2n) is 5.91. The number of aromatic nitrogens is 1. The van der Waals surface area contributed by atoms with Gasteiger partial charge in [0.2, 0.25) is 0 Å². The Morgan fingerprint density at radius 1 is 1.14 bits per heavy atom. The normalized spacial score (nSPS) is 11.8. The average Bonchev–Trinajstić information content (AvgIpc) is 2.80. The van der Waals surface area contributed by atoms with Crippen molar-refractivity contribution >= 4 is 22.8 Å². The van der Waals surface area contributed by atoms with Gasteiger partial charge in [0.15, 0.2) is 5.88 Å². The number of hydrogen-bond donors (Lipinski definition) is 2. The zero-order chi connectivity index (χ0) is 15.7. The van der Waals surface area contributed by atoms with Gasteiger partial charge in [-0.3, -0.25) is 4.99 Å². The van der Waals surface area contributed by atoms with Crippen LogP contribution in [-0.2, 0) is 0 Å². The molecular formula is C19H20N2O. The number of rotatable bonds is 3. The van der Waals surface area contributed by atoms with Gasteiger partial charge in [0.05, 0.1) is 11.3 Å². The zero-order valence-electron chi connectivity index (χ0n) is 13.1. The molecule has 0 aliphatic carbocycles. The summed E-state index contributed by atoms with van der Waals surface area (Å²) in [6, 6.07) is 14.2. The molecule has 1 heterocycles. The third-order valence-electron chi connectivity index (χ3n) is 3.86. The summed E-state index contributed by atoms with van der Waals surface area (Å²) in [6.07, 6.45) is 1.74. The number of aromatic amines is 1. The summed E-state index contributed by atoms with van der Waals surface area (Å²) in [5.74, 6) is 0.568. The monoisotopic (exact) mass is 292 g/mol. The summed E-state index contributed by atoms with van der Waals surface area (Å²) in [5.41, 5.74) is 4.95. The molecule has 0 saturated heterocycles. The highest BCUT2D eigenvalue weighted by Crippen LogP contribution is 2.29. The first kappa shape index (κ1) is 14.4. The number of benzene rings is 2. The van der Waals surface area contributed by atoms with Gasteiger partial charge < -0.3 is 10.1 Å². The van der Waals surface area contributed by atoms with Gasteiger partial charge >= 0.3 is 0 Å². The summed E-state index contributed by atoms with van der Waals surface area (Å²) < 4.78 is 0. The molecule has 0 radical (unpaired) electrons. The van der Waals surface area contributed by atoms with Crippen LogP contribution in [0, 0.1) is 6.92 Å². The van der Waals surface area contributed by atoms with E-state index >= 15 is 0 Å². The Kier molecular flexibility index (Phi) is 3.72. The Morgan fingerprint density at radius 2 is 1.91 bits per heavy atom. The molecule has 22 heavy (non-hydrogen) atoms. The van der Waals surface area contributed by atoms with Crippen molar-refractivity contribution in [3.05, 3.63) is 59.2 Å². The van der Waals surface area contributed by atoms with Crippen molar-refractivity contribution in [2.75, 3.05) is 0 Å². The number of aryl methyl sites for hydroxylation is 1. The minimum absolute atomic E-state index is 0.159. The summed E-state index contributed by atoms with van der Waals surface area (Å²) in [5, 5.41) is 11.1. The molecule has 3 rings (SSSR count). The maximum Gasteiger partial charge on any atom is 0.198 e. The van der Waals surface area contributed by atoms with Gasteiger partial charge in [0, 0.05) is 17.1 Å². The summed E-state index contributed by atoms with van der Waals surface area (Å²) >= 11 is 0. The number of H-pyrrole nitrogens is 1. The molecule has 3 nitrogen and oxygen atoms in total. The molecule has 1 aromatic heterocycles. The average molecular weight is 292 g/mol. The van der Waals surface area contributed by atoms with E-state index in [0.29, 0.717) is 5.92 Å². The van der Waals surface area contributed by atoms with Crippen molar-refractivity contribution in [1.29, 1.82) is 0 Å². The number of hydrogen-bond acceptors (Lipinski definition) is 2. The molecular weight excluding hydrogens is 272 g/mol. The van der Waals surface area contributed by atoms with E-state index in [-0.39, 0.29) is 5.88 Å². The Hall–Kier alpha value is -2.55. The smallest absolute Gasteiger partial charge is 0.198 e. The van der Waals surface area contributed by atoms with Crippen LogP contribution < -0.4 is 0 Å². The minimum atomic E-state index is 0.159. The van der Waals surface area contributed by atoms with Crippen molar-refractivity contribution in [2.24, 2.45) is 4.99 Å². The van der Waals surface area contributed by atoms with Gasteiger partial charge in [-0.15, -0.1) is 0 Å². The van der Waals surface area contributed by atoms with E-state index in [2.05, 4.69) is 36.0 Å². The zero-order valence-corrected chi connectivity index (χ0v) is 13.1. The first-order valence-electron chi connectivity index (χ1n) is 7.50. The van der Waals surface area contributed by atoms with E-state index in [0.717, 1.165) is 27.7 Å². The fraction of sp³-hybridized carbons (Fsp3) is 0.211. The maximum atomic E-state index is 10.1. The van der Waals surface area contributed by atoms with Crippen LogP contribution in [0.25, 0.3) is 10.9 Å². The van der Waals surface area contributed by atoms with E-state index in [1.807, 2.05) is 37.3 Å². The van der Waals surface area contributed by atoms with Crippen molar-refractivity contribution in [1.82, 2.24) is 4.98 Å². The molecule has 0 amide bonds. The van der Waals surface area contributed by atoms with Crippen LogP contribution in [0.4, 0.5) is 5.69 Å². The van der Waals surface area contributed by atoms with Crippen molar-refractivity contribution in [2.45, 2.75) is 26.7 Å². The molecule has 0 aliphatic rings. The molecule has 0 bridgehead atoms. The van der Waals surface area contributed by atoms with Crippen molar-refractivity contribution in [3.8, 4) is 5.88 Å². The Bertz CT molecular complexity index is 844. The molecule has 0 saturated carbocycles. The predicted molar refractivity (Wildman–Crippen MR) is 92.5 cm³/mol. The molecule has 2 aromatic carbocycles. The van der Waals surface area contributed by atoms with Crippen LogP contribution in [0.1, 0.15) is 36.5 Å². The Balaban J connectivity index is 2.07. The number of nitrogens with zero attached hydrogens (tertiary/aromatic N) is 1. The number of aromatic hydroxyl groups is 1. The Morgan fingerprint density at radius 3 is 2.68 bits per heavy atom. The molecule has 0 fully saturated rings. The van der Waals surface area contributed by atoms with Crippen LogP contribution >= 0.6 is 0 Å². The summed E-state index contributed by atoms with van der Waals surface area (Å²) in [4.78, 5) is 7.60. The number of nitrogens with one attached hydrogen (secondary N) is 1. The van der Waals surface area contributed by atoms with Crippen LogP contribution in [0.2, 0.25) is 0 Å². The fourth-order valence-electron chi connectivity index (χ4n) is 2.67. The largest absolute Gasteiger partial charge is 0.494 e. The van der Waals surface area contributed by atoms with E-state index in [1.54, 1.807) is 6.21 Å². The van der Waals surface area contributed by atoms with Crippen LogP contribution in [0.3, 0.4) is 0 Å². The van der Waals surface area contributed by atoms with Crippen LogP contribution in [-0.4, -0.2) is 16.3 Å². The molecule has 0 atom stereocenters. The van der Waals surface area contributed by atoms with Gasteiger partial charge in [-0.2, -0.15) is 0 Å². The third-order valence-corrected chi connectivity index (χ3v) is 3.86. The van der Waals surface area contributed by atoms with Crippen molar-refractivity contribution in [3.63, 3.8) is 0 Å². The quantitative estimate of drug-likeness (QED) is 0.651. The summed E-state index contributed by atoms with van der Waals surface area (Å²) in [7, 11) is 0. The number of aliphatic imine (C=N–C) groups is 1. The highest BCUT2D eigenvalue weighted by molar-refractivity contribution is 6.02. The van der Waals surface area contributed by atoms with Gasteiger partial charge in [-0.25, -0.2) is 0 Å². The second kappa shape index (κ2) is 5.68. The van der Waals surface area contributed by atoms with E-state index in [4.69, 9.17) is 0 Å². The van der Waals surface area contributed by atoms with Gasteiger partial charge in [-0.05, 0) is 36.6 Å². The first-order valence-corrected chi connectivity index (χ1v) is 7.50. The maximum absolute atomic E-state index is 10.1. The lowest BCUT2D eigenvalue weighted by Gasteiger charge is -2.08. The van der Waals surface area contributed by atoms with Crippen LogP contribution in [0.15, 0.2) is 47.5 Å². The second-order valence-corrected chi connectivity index (χ2v) is 5.91. The summed E-state index contributed by atoms with van der Waals surface area (Å²) in [6.45, 7) is 6.35. The fourth-order valence-corrected chi connectivity index (χ4v) is 2.67. The van der Waals surface area contributed by atoms with Crippen LogP contribution in [0.5, 0.6) is 5.88 Å². The van der Waals surface area contributed by atoms with E-state index < -0.39 is 0 Å². The highest BCUT2D eigenvalue weighted by Gasteiger charge is 2.09. The lowest BCUT2D eigenvalue weighted by atomic mass is 10.0. The number of para-hydroxylation sites is 1. The molecule has 0 aliphatic heterocycles. The SMILES string of the molecule is Cc1ccc2[nH]c(O)c(C=Nc3ccccc3C(C)C)c2c1. The topological polar surface area (TPSA) is 48.4 Å². The third kappa shape index (κ3) is 2.62. The standard InChI is InChI=1S/C19H20N2O/c1-12(2)14-6-4-5-7-17(14)20-11-16-15-10-13(3)8-9-18(15)21-19(16)22/h4-12,21-22H,1-3H3. The molecule has 2 N–H and O–H groups in total. The van der Waals surface area contributed by atoms with Gasteiger partial charge in [-0.1, -0.05) is 43.7 Å². The highest BCUT2D eigenvalue weighted by atomic mass is 16.3. The van der Waals surface area contributed by atoms with Gasteiger partial charge in [0.1, 0.15) is 0 Å². The first-order chi connectivity index (χ1) is 10.6. The Labute approximate surface area is 130 Å². The van der Waals surface area contributed by atoms with Crippen molar-refractivity contribution < 1.29 is 5.11 Å². The lowest BCUT2D eigenvalue weighted by Crippen LogP contribution is -1.88. The minimum Gasteiger partial charge on any atom is -0.494 e. The van der Waals surface area contributed by atoms with Gasteiger partial charge in [0.25, 0.3) is 0 Å². The van der Waals surface area contributed by atoms with E-state index in [9.17, 15) is 5.11 Å². The number of fused-ring (bicyclic) bond motifs is 1. The molecule has 0 spiro atoms. The van der Waals surface area contributed by atoms with E-state index in [1.165, 1.54) is 5.56 Å². The molecule has 3 heteroatoms. The predicted octanol–water partition coefficient (Wildman–Crippen LogP) is 5.06. The molecule has 0 unspecified atom stereocenters. The molecule has 112 valence electrons. The lowest BCUT2D eigenvalue weighted by molar-refractivity contribution is 0.457.